The Morgan fingerprint density at radius 2 is 1.91 bits per heavy atom. The SMILES string of the molecule is CC[n+]1c(C)sc2c([N+](=O)[O-])c(OC)ccc21.F[B-](F)(F)F. The summed E-state index contributed by atoms with van der Waals surface area (Å²) in [5, 5.41) is 12.2. The van der Waals surface area contributed by atoms with Crippen LogP contribution in [0.2, 0.25) is 0 Å². The molecule has 0 spiro atoms. The van der Waals surface area contributed by atoms with Crippen molar-refractivity contribution in [3.05, 3.63) is 27.3 Å². The van der Waals surface area contributed by atoms with Gasteiger partial charge < -0.3 is 22.0 Å². The quantitative estimate of drug-likeness (QED) is 0.281. The number of hydrogen-bond acceptors (Lipinski definition) is 4. The fourth-order valence-corrected chi connectivity index (χ4v) is 3.15. The van der Waals surface area contributed by atoms with Gasteiger partial charge in [0.2, 0.25) is 10.5 Å². The molecule has 1 heterocycles. The first-order chi connectivity index (χ1) is 10.1. The Bertz CT molecular complexity index is 684. The minimum atomic E-state index is -6.00. The van der Waals surface area contributed by atoms with Crippen LogP contribution in [0.1, 0.15) is 11.9 Å². The number of nitro groups is 1. The maximum Gasteiger partial charge on any atom is 0.673 e. The average molecular weight is 340 g/mol. The molecule has 0 amide bonds. The lowest BCUT2D eigenvalue weighted by molar-refractivity contribution is -0.669. The molecule has 122 valence electrons. The Morgan fingerprint density at radius 3 is 2.32 bits per heavy atom. The molecule has 0 fully saturated rings. The number of aryl methyl sites for hydroxylation is 2. The first-order valence-electron chi connectivity index (χ1n) is 6.11. The molecule has 1 aromatic carbocycles. The van der Waals surface area contributed by atoms with Crippen molar-refractivity contribution in [2.45, 2.75) is 20.4 Å². The normalized spacial score (nSPS) is 11.0. The molecule has 0 N–H and O–H groups in total. The first kappa shape index (κ1) is 18.1. The lowest BCUT2D eigenvalue weighted by Gasteiger charge is -2.00. The van der Waals surface area contributed by atoms with Crippen LogP contribution in [0.4, 0.5) is 23.0 Å². The van der Waals surface area contributed by atoms with E-state index in [0.717, 1.165) is 17.1 Å². The maximum absolute atomic E-state index is 11.1. The molecule has 22 heavy (non-hydrogen) atoms. The molecule has 0 saturated carbocycles. The topological polar surface area (TPSA) is 56.2 Å². The lowest BCUT2D eigenvalue weighted by atomic mass is 10.2. The van der Waals surface area contributed by atoms with Gasteiger partial charge in [-0.3, -0.25) is 10.1 Å². The van der Waals surface area contributed by atoms with Gasteiger partial charge >= 0.3 is 12.9 Å². The Kier molecular flexibility index (Phi) is 5.69. The fraction of sp³-hybridized carbons (Fsp3) is 0.364. The summed E-state index contributed by atoms with van der Waals surface area (Å²) in [4.78, 5) is 10.7. The Morgan fingerprint density at radius 1 is 1.36 bits per heavy atom. The van der Waals surface area contributed by atoms with E-state index in [2.05, 4.69) is 4.57 Å². The number of halogens is 4. The smallest absolute Gasteiger partial charge is 0.490 e. The van der Waals surface area contributed by atoms with Crippen LogP contribution >= 0.6 is 11.3 Å². The van der Waals surface area contributed by atoms with E-state index in [1.54, 1.807) is 6.07 Å². The molecule has 0 radical (unpaired) electrons. The number of fused-ring (bicyclic) bond motifs is 1. The van der Waals surface area contributed by atoms with E-state index in [9.17, 15) is 27.4 Å². The third-order valence-electron chi connectivity index (χ3n) is 2.71. The molecule has 0 bridgehead atoms. The minimum absolute atomic E-state index is 0.0605. The van der Waals surface area contributed by atoms with Crippen LogP contribution < -0.4 is 9.30 Å². The van der Waals surface area contributed by atoms with Crippen LogP contribution in [0, 0.1) is 17.0 Å². The summed E-state index contributed by atoms with van der Waals surface area (Å²) in [5.74, 6) is 0.312. The number of nitrogens with zero attached hydrogens (tertiary/aromatic N) is 2. The lowest BCUT2D eigenvalue weighted by Crippen LogP contribution is -2.33. The fourth-order valence-electron chi connectivity index (χ4n) is 1.96. The molecule has 11 heteroatoms. The van der Waals surface area contributed by atoms with Gasteiger partial charge in [-0.1, -0.05) is 11.3 Å². The molecule has 0 aliphatic heterocycles. The highest BCUT2D eigenvalue weighted by Gasteiger charge is 2.28. The van der Waals surface area contributed by atoms with Crippen molar-refractivity contribution in [3.8, 4) is 5.75 Å². The molecular weight excluding hydrogens is 327 g/mol. The summed E-state index contributed by atoms with van der Waals surface area (Å²) in [6.07, 6.45) is 0. The van der Waals surface area contributed by atoms with E-state index >= 15 is 0 Å². The highest BCUT2D eigenvalue weighted by atomic mass is 32.1. The zero-order valence-electron chi connectivity index (χ0n) is 12.0. The van der Waals surface area contributed by atoms with Crippen molar-refractivity contribution in [1.82, 2.24) is 0 Å². The summed E-state index contributed by atoms with van der Waals surface area (Å²) in [6.45, 7) is 4.79. The molecule has 2 rings (SSSR count). The minimum Gasteiger partial charge on any atom is -0.490 e. The van der Waals surface area contributed by atoms with Crippen LogP contribution in [0.5, 0.6) is 5.75 Å². The number of benzene rings is 1. The zero-order valence-corrected chi connectivity index (χ0v) is 12.8. The average Bonchev–Trinajstić information content (AvgIpc) is 2.70. The summed E-state index contributed by atoms with van der Waals surface area (Å²) in [6, 6.07) is 3.52. The van der Waals surface area contributed by atoms with Crippen LogP contribution in [-0.4, -0.2) is 19.3 Å². The third kappa shape index (κ3) is 4.29. The molecule has 0 saturated heterocycles. The second kappa shape index (κ2) is 6.90. The van der Waals surface area contributed by atoms with Gasteiger partial charge in [-0.05, 0) is 13.0 Å². The molecule has 0 atom stereocenters. The number of methoxy groups -OCH3 is 1. The van der Waals surface area contributed by atoms with Crippen LogP contribution in [0.25, 0.3) is 10.2 Å². The van der Waals surface area contributed by atoms with Crippen molar-refractivity contribution in [2.24, 2.45) is 0 Å². The number of nitro benzene ring substituents is 1. The zero-order chi connectivity index (χ0) is 17.1. The largest absolute Gasteiger partial charge is 0.673 e. The Balaban J connectivity index is 0.000000422. The Hall–Kier alpha value is -1.91. The Labute approximate surface area is 127 Å². The second-order valence-corrected chi connectivity index (χ2v) is 5.29. The second-order valence-electron chi connectivity index (χ2n) is 4.08. The predicted molar refractivity (Wildman–Crippen MR) is 75.8 cm³/mol. The summed E-state index contributed by atoms with van der Waals surface area (Å²) >= 11 is 1.43. The summed E-state index contributed by atoms with van der Waals surface area (Å²) in [7, 11) is -4.55. The van der Waals surface area contributed by atoms with Gasteiger partial charge in [-0.2, -0.15) is 4.57 Å². The van der Waals surface area contributed by atoms with Gasteiger partial charge in [0.05, 0.1) is 12.0 Å². The van der Waals surface area contributed by atoms with Crippen LogP contribution in [0.15, 0.2) is 12.1 Å². The number of aromatic nitrogens is 1. The van der Waals surface area contributed by atoms with Crippen LogP contribution in [-0.2, 0) is 6.54 Å². The highest BCUT2D eigenvalue weighted by Crippen LogP contribution is 2.37. The van der Waals surface area contributed by atoms with Crippen molar-refractivity contribution < 1.29 is 31.5 Å². The van der Waals surface area contributed by atoms with Gasteiger partial charge in [0.1, 0.15) is 6.54 Å². The van der Waals surface area contributed by atoms with Gasteiger partial charge in [-0.25, -0.2) is 0 Å². The number of thiazole rings is 1. The summed E-state index contributed by atoms with van der Waals surface area (Å²) < 4.78 is 46.8. The maximum atomic E-state index is 11.1. The van der Waals surface area contributed by atoms with E-state index in [1.807, 2.05) is 19.9 Å². The first-order valence-corrected chi connectivity index (χ1v) is 6.93. The number of ether oxygens (including phenoxy) is 1. The monoisotopic (exact) mass is 340 g/mol. The number of hydrogen-bond donors (Lipinski definition) is 0. The summed E-state index contributed by atoms with van der Waals surface area (Å²) in [5.41, 5.74) is 0.952. The van der Waals surface area contributed by atoms with Crippen molar-refractivity contribution in [1.29, 1.82) is 0 Å². The van der Waals surface area contributed by atoms with E-state index in [4.69, 9.17) is 4.74 Å². The molecule has 1 aromatic heterocycles. The molecule has 0 aliphatic rings. The van der Waals surface area contributed by atoms with E-state index in [0.29, 0.717) is 10.4 Å². The third-order valence-corrected chi connectivity index (χ3v) is 3.84. The van der Waals surface area contributed by atoms with E-state index in [1.165, 1.54) is 18.4 Å². The highest BCUT2D eigenvalue weighted by molar-refractivity contribution is 7.18. The van der Waals surface area contributed by atoms with Crippen LogP contribution in [0.3, 0.4) is 0 Å². The predicted octanol–water partition coefficient (Wildman–Crippen LogP) is 3.73. The van der Waals surface area contributed by atoms with Gasteiger partial charge in [-0.15, -0.1) is 0 Å². The van der Waals surface area contributed by atoms with Crippen molar-refractivity contribution in [3.63, 3.8) is 0 Å². The molecule has 0 unspecified atom stereocenters. The van der Waals surface area contributed by atoms with Gasteiger partial charge in [0, 0.05) is 13.0 Å². The standard InChI is InChI=1S/C11H13N2O3S.BF4/c1-4-12-7(2)17-11-8(12)5-6-9(16-3)10(11)13(14)15;2-1(3,4)5/h5-6H,4H2,1-3H3;/q+1;-1. The van der Waals surface area contributed by atoms with Crippen molar-refractivity contribution >= 4 is 34.5 Å². The molecule has 0 aliphatic carbocycles. The number of rotatable bonds is 3. The van der Waals surface area contributed by atoms with Gasteiger partial charge in [0.25, 0.3) is 0 Å². The van der Waals surface area contributed by atoms with E-state index in [-0.39, 0.29) is 10.6 Å². The van der Waals surface area contributed by atoms with Crippen molar-refractivity contribution in [2.75, 3.05) is 7.11 Å². The van der Waals surface area contributed by atoms with E-state index < -0.39 is 7.25 Å². The van der Waals surface area contributed by atoms with Gasteiger partial charge in [0.15, 0.2) is 10.4 Å². The molecular formula is C11H13BF4N2O3S. The molecule has 5 nitrogen and oxygen atoms in total. The molecule has 2 aromatic rings.